The van der Waals surface area contributed by atoms with Gasteiger partial charge in [0, 0.05) is 41.3 Å². The Labute approximate surface area is 98.3 Å². The molecule has 3 N–H and O–H groups in total. The Bertz CT molecular complexity index is 370. The molecule has 1 rings (SSSR count). The molecule has 0 radical (unpaired) electrons. The van der Waals surface area contributed by atoms with E-state index in [1.54, 1.807) is 6.07 Å². The quantitative estimate of drug-likeness (QED) is 0.771. The van der Waals surface area contributed by atoms with E-state index in [-0.39, 0.29) is 0 Å². The SMILES string of the molecule is CCc1nc(N)cc(NCCS(=O)CC)n1. The van der Waals surface area contributed by atoms with Crippen LogP contribution in [-0.2, 0) is 17.2 Å². The van der Waals surface area contributed by atoms with Gasteiger partial charge in [-0.3, -0.25) is 4.21 Å². The molecule has 0 fully saturated rings. The molecular weight excluding hydrogens is 224 g/mol. The van der Waals surface area contributed by atoms with Crippen LogP contribution in [0.3, 0.4) is 0 Å². The van der Waals surface area contributed by atoms with E-state index >= 15 is 0 Å². The molecule has 0 amide bonds. The highest BCUT2D eigenvalue weighted by molar-refractivity contribution is 7.84. The molecule has 0 aromatic carbocycles. The van der Waals surface area contributed by atoms with Crippen LogP contribution in [0.1, 0.15) is 19.7 Å². The fraction of sp³-hybridized carbons (Fsp3) is 0.600. The summed E-state index contributed by atoms with van der Waals surface area (Å²) in [5.74, 6) is 3.21. The molecule has 0 bridgehead atoms. The van der Waals surface area contributed by atoms with Gasteiger partial charge in [-0.1, -0.05) is 13.8 Å². The van der Waals surface area contributed by atoms with Crippen molar-refractivity contribution in [3.05, 3.63) is 11.9 Å². The van der Waals surface area contributed by atoms with Crippen LogP contribution in [0.25, 0.3) is 0 Å². The van der Waals surface area contributed by atoms with E-state index in [4.69, 9.17) is 5.73 Å². The second-order valence-electron chi connectivity index (χ2n) is 3.31. The normalized spacial score (nSPS) is 12.4. The van der Waals surface area contributed by atoms with Crippen LogP contribution < -0.4 is 11.1 Å². The van der Waals surface area contributed by atoms with E-state index in [2.05, 4.69) is 15.3 Å². The molecule has 1 aromatic heterocycles. The lowest BCUT2D eigenvalue weighted by Crippen LogP contribution is -2.13. The number of aryl methyl sites for hydroxylation is 1. The number of nitrogens with zero attached hydrogens (tertiary/aromatic N) is 2. The molecule has 6 heteroatoms. The number of rotatable bonds is 6. The summed E-state index contributed by atoms with van der Waals surface area (Å²) in [4.78, 5) is 8.35. The number of anilines is 2. The second-order valence-corrected chi connectivity index (χ2v) is 5.17. The summed E-state index contributed by atoms with van der Waals surface area (Å²) in [6, 6.07) is 1.69. The number of aromatic nitrogens is 2. The van der Waals surface area contributed by atoms with Gasteiger partial charge >= 0.3 is 0 Å². The number of nitrogen functional groups attached to an aromatic ring is 1. The number of nitrogens with two attached hydrogens (primary N) is 1. The Balaban J connectivity index is 2.53. The van der Waals surface area contributed by atoms with Gasteiger partial charge in [-0.25, -0.2) is 9.97 Å². The van der Waals surface area contributed by atoms with E-state index in [1.807, 2.05) is 13.8 Å². The molecule has 0 aliphatic heterocycles. The van der Waals surface area contributed by atoms with Gasteiger partial charge in [0.05, 0.1) is 0 Å². The molecule has 16 heavy (non-hydrogen) atoms. The number of nitrogens with one attached hydrogen (secondary N) is 1. The van der Waals surface area contributed by atoms with Crippen LogP contribution in [0.5, 0.6) is 0 Å². The average Bonchev–Trinajstić information content (AvgIpc) is 2.28. The Morgan fingerprint density at radius 3 is 2.81 bits per heavy atom. The van der Waals surface area contributed by atoms with Gasteiger partial charge in [0.2, 0.25) is 0 Å². The van der Waals surface area contributed by atoms with E-state index < -0.39 is 10.8 Å². The fourth-order valence-corrected chi connectivity index (χ4v) is 1.82. The molecule has 0 saturated carbocycles. The predicted molar refractivity (Wildman–Crippen MR) is 67.9 cm³/mol. The summed E-state index contributed by atoms with van der Waals surface area (Å²) in [7, 11) is -0.750. The van der Waals surface area contributed by atoms with E-state index in [0.29, 0.717) is 29.7 Å². The first kappa shape index (κ1) is 12.9. The summed E-state index contributed by atoms with van der Waals surface area (Å²) >= 11 is 0. The van der Waals surface area contributed by atoms with Crippen LogP contribution in [0, 0.1) is 0 Å². The molecule has 0 aliphatic rings. The van der Waals surface area contributed by atoms with E-state index in [9.17, 15) is 4.21 Å². The summed E-state index contributed by atoms with van der Waals surface area (Å²) in [6.45, 7) is 4.53. The summed E-state index contributed by atoms with van der Waals surface area (Å²) in [6.07, 6.45) is 0.751. The molecule has 0 spiro atoms. The van der Waals surface area contributed by atoms with Gasteiger partial charge in [0.25, 0.3) is 0 Å². The summed E-state index contributed by atoms with van der Waals surface area (Å²) in [5, 5.41) is 3.10. The first-order valence-electron chi connectivity index (χ1n) is 5.38. The molecule has 0 aliphatic carbocycles. The highest BCUT2D eigenvalue weighted by Crippen LogP contribution is 2.08. The number of hydrogen-bond acceptors (Lipinski definition) is 5. The zero-order valence-corrected chi connectivity index (χ0v) is 10.5. The molecule has 1 heterocycles. The number of hydrogen-bond donors (Lipinski definition) is 2. The van der Waals surface area contributed by atoms with Gasteiger partial charge in [0.1, 0.15) is 17.5 Å². The van der Waals surface area contributed by atoms with Crippen molar-refractivity contribution in [1.29, 1.82) is 0 Å². The summed E-state index contributed by atoms with van der Waals surface area (Å²) in [5.41, 5.74) is 5.64. The standard InChI is InChI=1S/C10H18N4OS/c1-3-9-13-8(11)7-10(14-9)12-5-6-16(15)4-2/h7H,3-6H2,1-2H3,(H3,11,12,13,14). The van der Waals surface area contributed by atoms with Crippen LogP contribution in [0.4, 0.5) is 11.6 Å². The minimum absolute atomic E-state index is 0.464. The van der Waals surface area contributed by atoms with Gasteiger partial charge < -0.3 is 11.1 Å². The molecule has 5 nitrogen and oxygen atoms in total. The van der Waals surface area contributed by atoms with E-state index in [0.717, 1.165) is 12.2 Å². The molecular formula is C10H18N4OS. The first-order valence-corrected chi connectivity index (χ1v) is 6.86. The molecule has 90 valence electrons. The maximum Gasteiger partial charge on any atom is 0.132 e. The monoisotopic (exact) mass is 242 g/mol. The van der Waals surface area contributed by atoms with Crippen molar-refractivity contribution in [3.8, 4) is 0 Å². The molecule has 1 unspecified atom stereocenters. The lowest BCUT2D eigenvalue weighted by molar-refractivity contribution is 0.684. The van der Waals surface area contributed by atoms with Crippen LogP contribution in [0.2, 0.25) is 0 Å². The van der Waals surface area contributed by atoms with E-state index in [1.165, 1.54) is 0 Å². The Hall–Kier alpha value is -1.17. The Morgan fingerprint density at radius 1 is 1.44 bits per heavy atom. The fourth-order valence-electron chi connectivity index (χ4n) is 1.20. The average molecular weight is 242 g/mol. The van der Waals surface area contributed by atoms with Crippen molar-refractivity contribution in [2.45, 2.75) is 20.3 Å². The first-order chi connectivity index (χ1) is 7.65. The smallest absolute Gasteiger partial charge is 0.132 e. The zero-order chi connectivity index (χ0) is 12.0. The zero-order valence-electron chi connectivity index (χ0n) is 9.69. The Morgan fingerprint density at radius 2 is 2.19 bits per heavy atom. The van der Waals surface area contributed by atoms with Crippen molar-refractivity contribution in [3.63, 3.8) is 0 Å². The lowest BCUT2D eigenvalue weighted by Gasteiger charge is -2.07. The van der Waals surface area contributed by atoms with Gasteiger partial charge in [0.15, 0.2) is 0 Å². The van der Waals surface area contributed by atoms with Crippen LogP contribution in [0.15, 0.2) is 6.07 Å². The Kier molecular flexibility index (Phi) is 5.18. The van der Waals surface area contributed by atoms with Crippen LogP contribution >= 0.6 is 0 Å². The topological polar surface area (TPSA) is 80.9 Å². The lowest BCUT2D eigenvalue weighted by atomic mass is 10.4. The van der Waals surface area contributed by atoms with Gasteiger partial charge in [-0.05, 0) is 0 Å². The van der Waals surface area contributed by atoms with Crippen molar-refractivity contribution >= 4 is 22.4 Å². The van der Waals surface area contributed by atoms with Gasteiger partial charge in [-0.15, -0.1) is 0 Å². The highest BCUT2D eigenvalue weighted by Gasteiger charge is 2.01. The third-order valence-corrected chi connectivity index (χ3v) is 3.37. The third-order valence-electron chi connectivity index (χ3n) is 2.07. The maximum atomic E-state index is 11.2. The van der Waals surface area contributed by atoms with Crippen molar-refractivity contribution in [1.82, 2.24) is 9.97 Å². The molecule has 1 aromatic rings. The largest absolute Gasteiger partial charge is 0.384 e. The van der Waals surface area contributed by atoms with Crippen LogP contribution in [-0.4, -0.2) is 32.2 Å². The maximum absolute atomic E-state index is 11.2. The van der Waals surface area contributed by atoms with Crippen molar-refractivity contribution < 1.29 is 4.21 Å². The summed E-state index contributed by atoms with van der Waals surface area (Å²) < 4.78 is 11.2. The minimum atomic E-state index is -0.750. The third kappa shape index (κ3) is 4.14. The molecule has 1 atom stereocenters. The molecule has 0 saturated heterocycles. The highest BCUT2D eigenvalue weighted by atomic mass is 32.2. The second kappa shape index (κ2) is 6.42. The van der Waals surface area contributed by atoms with Crippen molar-refractivity contribution in [2.75, 3.05) is 29.1 Å². The van der Waals surface area contributed by atoms with Crippen molar-refractivity contribution in [2.24, 2.45) is 0 Å². The predicted octanol–water partition coefficient (Wildman–Crippen LogP) is 0.802. The van der Waals surface area contributed by atoms with Gasteiger partial charge in [-0.2, -0.15) is 0 Å². The minimum Gasteiger partial charge on any atom is -0.384 e.